The largest absolute Gasteiger partial charge is 0.399 e. The summed E-state index contributed by atoms with van der Waals surface area (Å²) in [6.07, 6.45) is 1.81. The molecule has 0 bridgehead atoms. The standard InChI is InChI=1S/C12H14N2O/c13-8-12(6-1-7-15-9-12)10-2-4-11(14)5-3-10/h2-5H,1,6-7,9,14H2/t12-/m1/s1. The Kier molecular flexibility index (Phi) is 2.61. The van der Waals surface area contributed by atoms with Crippen LogP contribution in [0.1, 0.15) is 18.4 Å². The van der Waals surface area contributed by atoms with Crippen molar-refractivity contribution in [2.75, 3.05) is 18.9 Å². The molecule has 1 fully saturated rings. The minimum absolute atomic E-state index is 0.466. The van der Waals surface area contributed by atoms with Crippen molar-refractivity contribution in [3.8, 4) is 6.07 Å². The van der Waals surface area contributed by atoms with E-state index >= 15 is 0 Å². The molecule has 0 aliphatic carbocycles. The Labute approximate surface area is 89.5 Å². The van der Waals surface area contributed by atoms with E-state index < -0.39 is 5.41 Å². The van der Waals surface area contributed by atoms with Crippen molar-refractivity contribution in [3.63, 3.8) is 0 Å². The molecule has 1 aromatic rings. The average molecular weight is 202 g/mol. The van der Waals surface area contributed by atoms with Gasteiger partial charge in [-0.25, -0.2) is 0 Å². The number of nitriles is 1. The summed E-state index contributed by atoms with van der Waals surface area (Å²) >= 11 is 0. The summed E-state index contributed by atoms with van der Waals surface area (Å²) in [6.45, 7) is 1.26. The third kappa shape index (κ3) is 1.81. The second-order valence-corrected chi connectivity index (χ2v) is 3.97. The molecular formula is C12H14N2O. The Hall–Kier alpha value is -1.53. The van der Waals surface area contributed by atoms with Gasteiger partial charge in [-0.1, -0.05) is 12.1 Å². The Bertz CT molecular complexity index is 372. The molecule has 0 saturated carbocycles. The fraction of sp³-hybridized carbons (Fsp3) is 0.417. The molecule has 15 heavy (non-hydrogen) atoms. The first kappa shape index (κ1) is 10.0. The number of hydrogen-bond donors (Lipinski definition) is 1. The van der Waals surface area contributed by atoms with E-state index in [1.165, 1.54) is 0 Å². The van der Waals surface area contributed by atoms with Crippen LogP contribution in [0, 0.1) is 11.3 Å². The van der Waals surface area contributed by atoms with Crippen LogP contribution in [0.3, 0.4) is 0 Å². The molecular weight excluding hydrogens is 188 g/mol. The number of nitrogens with two attached hydrogens (primary N) is 1. The van der Waals surface area contributed by atoms with E-state index in [9.17, 15) is 5.26 Å². The first-order valence-electron chi connectivity index (χ1n) is 5.12. The zero-order valence-electron chi connectivity index (χ0n) is 8.57. The molecule has 3 heteroatoms. The van der Waals surface area contributed by atoms with E-state index in [1.54, 1.807) is 0 Å². The van der Waals surface area contributed by atoms with Gasteiger partial charge in [-0.2, -0.15) is 5.26 Å². The lowest BCUT2D eigenvalue weighted by molar-refractivity contribution is 0.0563. The van der Waals surface area contributed by atoms with Crippen molar-refractivity contribution in [2.24, 2.45) is 0 Å². The van der Waals surface area contributed by atoms with Gasteiger partial charge in [0.2, 0.25) is 0 Å². The smallest absolute Gasteiger partial charge is 0.106 e. The molecule has 1 aromatic carbocycles. The monoisotopic (exact) mass is 202 g/mol. The highest BCUT2D eigenvalue weighted by atomic mass is 16.5. The molecule has 0 amide bonds. The normalized spacial score (nSPS) is 25.8. The summed E-state index contributed by atoms with van der Waals surface area (Å²) in [7, 11) is 0. The second-order valence-electron chi connectivity index (χ2n) is 3.97. The Balaban J connectivity index is 2.33. The summed E-state index contributed by atoms with van der Waals surface area (Å²) in [5.41, 5.74) is 6.90. The third-order valence-corrected chi connectivity index (χ3v) is 2.92. The maximum Gasteiger partial charge on any atom is 0.106 e. The lowest BCUT2D eigenvalue weighted by Crippen LogP contribution is -2.34. The van der Waals surface area contributed by atoms with Crippen LogP contribution in [0.2, 0.25) is 0 Å². The van der Waals surface area contributed by atoms with E-state index in [1.807, 2.05) is 24.3 Å². The van der Waals surface area contributed by atoms with Gasteiger partial charge in [-0.3, -0.25) is 0 Å². The van der Waals surface area contributed by atoms with Crippen LogP contribution in [0.5, 0.6) is 0 Å². The van der Waals surface area contributed by atoms with Crippen molar-refractivity contribution in [2.45, 2.75) is 18.3 Å². The topological polar surface area (TPSA) is 59.0 Å². The molecule has 1 aliphatic heterocycles. The van der Waals surface area contributed by atoms with E-state index in [4.69, 9.17) is 10.5 Å². The summed E-state index contributed by atoms with van der Waals surface area (Å²) in [5.74, 6) is 0. The van der Waals surface area contributed by atoms with Crippen LogP contribution >= 0.6 is 0 Å². The van der Waals surface area contributed by atoms with E-state index in [0.717, 1.165) is 30.7 Å². The van der Waals surface area contributed by atoms with Crippen LogP contribution in [0.15, 0.2) is 24.3 Å². The predicted octanol–water partition coefficient (Wildman–Crippen LogP) is 1.84. The van der Waals surface area contributed by atoms with E-state index in [0.29, 0.717) is 6.61 Å². The zero-order valence-corrected chi connectivity index (χ0v) is 8.57. The highest BCUT2D eigenvalue weighted by molar-refractivity contribution is 5.43. The molecule has 1 aliphatic rings. The number of hydrogen-bond acceptors (Lipinski definition) is 3. The van der Waals surface area contributed by atoms with Crippen molar-refractivity contribution in [1.29, 1.82) is 5.26 Å². The van der Waals surface area contributed by atoms with Crippen LogP contribution in [0.4, 0.5) is 5.69 Å². The van der Waals surface area contributed by atoms with Crippen LogP contribution in [-0.2, 0) is 10.2 Å². The maximum absolute atomic E-state index is 9.30. The molecule has 3 nitrogen and oxygen atoms in total. The zero-order chi connectivity index (χ0) is 10.7. The molecule has 2 N–H and O–H groups in total. The SMILES string of the molecule is N#C[C@]1(c2ccc(N)cc2)CCCOC1. The first-order valence-corrected chi connectivity index (χ1v) is 5.12. The minimum Gasteiger partial charge on any atom is -0.399 e. The second kappa shape index (κ2) is 3.92. The number of nitrogen functional groups attached to an aromatic ring is 1. The van der Waals surface area contributed by atoms with Crippen LogP contribution < -0.4 is 5.73 Å². The molecule has 1 saturated heterocycles. The highest BCUT2D eigenvalue weighted by Crippen LogP contribution is 2.32. The third-order valence-electron chi connectivity index (χ3n) is 2.92. The van der Waals surface area contributed by atoms with Crippen molar-refractivity contribution >= 4 is 5.69 Å². The lowest BCUT2D eigenvalue weighted by atomic mass is 9.77. The molecule has 0 spiro atoms. The molecule has 0 aromatic heterocycles. The molecule has 1 heterocycles. The first-order chi connectivity index (χ1) is 7.27. The molecule has 0 unspecified atom stereocenters. The van der Waals surface area contributed by atoms with Gasteiger partial charge < -0.3 is 10.5 Å². The molecule has 78 valence electrons. The highest BCUT2D eigenvalue weighted by Gasteiger charge is 2.34. The van der Waals surface area contributed by atoms with Gasteiger partial charge in [0.15, 0.2) is 0 Å². The van der Waals surface area contributed by atoms with Gasteiger partial charge in [0.1, 0.15) is 5.41 Å². The molecule has 0 radical (unpaired) electrons. The fourth-order valence-corrected chi connectivity index (χ4v) is 1.98. The van der Waals surface area contributed by atoms with Gasteiger partial charge in [0, 0.05) is 12.3 Å². The Morgan fingerprint density at radius 1 is 1.33 bits per heavy atom. The number of benzene rings is 1. The average Bonchev–Trinajstić information content (AvgIpc) is 2.31. The quantitative estimate of drug-likeness (QED) is 0.707. The van der Waals surface area contributed by atoms with Gasteiger partial charge in [0.25, 0.3) is 0 Å². The Morgan fingerprint density at radius 3 is 2.60 bits per heavy atom. The number of rotatable bonds is 1. The van der Waals surface area contributed by atoms with Gasteiger partial charge >= 0.3 is 0 Å². The van der Waals surface area contributed by atoms with E-state index in [2.05, 4.69) is 6.07 Å². The summed E-state index contributed by atoms with van der Waals surface area (Å²) in [5, 5.41) is 9.30. The Morgan fingerprint density at radius 2 is 2.07 bits per heavy atom. The lowest BCUT2D eigenvalue weighted by Gasteiger charge is -2.30. The van der Waals surface area contributed by atoms with Crippen molar-refractivity contribution in [1.82, 2.24) is 0 Å². The summed E-state index contributed by atoms with van der Waals surface area (Å²) < 4.78 is 5.41. The van der Waals surface area contributed by atoms with Gasteiger partial charge in [0.05, 0.1) is 12.7 Å². The number of nitrogens with zero attached hydrogens (tertiary/aromatic N) is 1. The molecule has 2 rings (SSSR count). The van der Waals surface area contributed by atoms with Crippen molar-refractivity contribution < 1.29 is 4.74 Å². The van der Waals surface area contributed by atoms with Crippen molar-refractivity contribution in [3.05, 3.63) is 29.8 Å². The predicted molar refractivity (Wildman–Crippen MR) is 58.2 cm³/mol. The number of anilines is 1. The fourth-order valence-electron chi connectivity index (χ4n) is 1.98. The number of ether oxygens (including phenoxy) is 1. The minimum atomic E-state index is -0.466. The summed E-state index contributed by atoms with van der Waals surface area (Å²) in [6, 6.07) is 9.91. The van der Waals surface area contributed by atoms with Gasteiger partial charge in [-0.15, -0.1) is 0 Å². The van der Waals surface area contributed by atoms with Gasteiger partial charge in [-0.05, 0) is 30.5 Å². The van der Waals surface area contributed by atoms with Crippen LogP contribution in [-0.4, -0.2) is 13.2 Å². The van der Waals surface area contributed by atoms with E-state index in [-0.39, 0.29) is 0 Å². The maximum atomic E-state index is 9.30. The van der Waals surface area contributed by atoms with Crippen LogP contribution in [0.25, 0.3) is 0 Å². The molecule has 1 atom stereocenters. The summed E-state index contributed by atoms with van der Waals surface area (Å²) in [4.78, 5) is 0.